The van der Waals surface area contributed by atoms with Gasteiger partial charge in [0.05, 0.1) is 0 Å². The Morgan fingerprint density at radius 3 is 1.74 bits per heavy atom. The zero-order valence-electron chi connectivity index (χ0n) is 20.7. The lowest BCUT2D eigenvalue weighted by atomic mass is 9.91. The molecule has 0 radical (unpaired) electrons. The van der Waals surface area contributed by atoms with Gasteiger partial charge in [-0.1, -0.05) is 59.6 Å². The summed E-state index contributed by atoms with van der Waals surface area (Å²) in [5.41, 5.74) is 2.06. The fraction of sp³-hybridized carbons (Fsp3) is 0.321. The number of hydrogen-bond donors (Lipinski definition) is 0. The first-order valence-electron chi connectivity index (χ1n) is 11.8. The predicted octanol–water partition coefficient (Wildman–Crippen LogP) is 7.99. The highest BCUT2D eigenvalue weighted by atomic mass is 35.5. The Morgan fingerprint density at radius 2 is 1.31 bits per heavy atom. The van der Waals surface area contributed by atoms with Gasteiger partial charge in [-0.2, -0.15) is 26.3 Å². The molecule has 210 valence electrons. The Kier molecular flexibility index (Phi) is 10.3. The summed E-state index contributed by atoms with van der Waals surface area (Å²) in [5, 5.41) is 1.25. The fourth-order valence-corrected chi connectivity index (χ4v) is 4.28. The molecule has 0 aliphatic rings. The van der Waals surface area contributed by atoms with E-state index in [-0.39, 0.29) is 18.1 Å². The van der Waals surface area contributed by atoms with Crippen LogP contribution in [0.1, 0.15) is 22.6 Å². The smallest absolute Gasteiger partial charge is 0.450 e. The monoisotopic (exact) mass is 591 g/mol. The van der Waals surface area contributed by atoms with Crippen LogP contribution in [0.5, 0.6) is 5.75 Å². The number of alkyl halides is 6. The molecule has 0 N–H and O–H groups in total. The van der Waals surface area contributed by atoms with E-state index in [2.05, 4.69) is 4.90 Å². The van der Waals surface area contributed by atoms with E-state index in [9.17, 15) is 31.1 Å². The Balaban J connectivity index is 1.59. The van der Waals surface area contributed by atoms with E-state index in [4.69, 9.17) is 27.9 Å². The molecule has 0 saturated heterocycles. The van der Waals surface area contributed by atoms with Crippen LogP contribution < -0.4 is 4.74 Å². The average molecular weight is 592 g/mol. The van der Waals surface area contributed by atoms with Gasteiger partial charge >= 0.3 is 12.4 Å². The Labute approximate surface area is 232 Å². The molecule has 0 spiro atoms. The number of likely N-dealkylation sites (N-methyl/N-ethyl adjacent to an activating group) is 1. The number of hydrogen-bond acceptors (Lipinski definition) is 3. The molecule has 39 heavy (non-hydrogen) atoms. The molecule has 0 aliphatic carbocycles. The molecule has 1 atom stereocenters. The van der Waals surface area contributed by atoms with Gasteiger partial charge in [0.1, 0.15) is 18.3 Å². The van der Waals surface area contributed by atoms with Crippen molar-refractivity contribution < 1.29 is 35.9 Å². The predicted molar refractivity (Wildman–Crippen MR) is 138 cm³/mol. The Morgan fingerprint density at radius 1 is 0.821 bits per heavy atom. The third kappa shape index (κ3) is 9.15. The molecular weight excluding hydrogens is 567 g/mol. The Bertz CT molecular complexity index is 1170. The number of Topliss-reactive ketones (excluding diaryl/α,β-unsaturated/α-hetero) is 1. The SMILES string of the molecule is CN(CCOc1ccc(CC(C(=O)C(F)(F)F)C(F)(F)F)cc1)CC(c1ccc(Cl)cc1)c1ccc(Cl)cc1. The summed E-state index contributed by atoms with van der Waals surface area (Å²) in [6.45, 7) is 1.40. The standard InChI is InChI=1S/C28H25Cl2F6NO2/c1-37(17-24(19-4-8-21(29)9-5-19)20-6-10-22(30)11-7-20)14-15-39-23-12-2-18(3-13-23)16-25(27(31,32)33)26(38)28(34,35)36/h2-13,24-25H,14-17H2,1H3. The molecule has 0 aliphatic heterocycles. The second-order valence-electron chi connectivity index (χ2n) is 9.07. The number of ketones is 1. The van der Waals surface area contributed by atoms with E-state index < -0.39 is 30.5 Å². The van der Waals surface area contributed by atoms with Crippen molar-refractivity contribution in [3.8, 4) is 5.75 Å². The van der Waals surface area contributed by atoms with E-state index in [1.54, 1.807) is 0 Å². The summed E-state index contributed by atoms with van der Waals surface area (Å²) in [6.07, 6.45) is -12.0. The van der Waals surface area contributed by atoms with E-state index >= 15 is 0 Å². The van der Waals surface area contributed by atoms with Gasteiger partial charge in [-0.3, -0.25) is 4.79 Å². The van der Waals surface area contributed by atoms with E-state index in [1.807, 2.05) is 55.6 Å². The van der Waals surface area contributed by atoms with Crippen LogP contribution in [0.2, 0.25) is 10.0 Å². The summed E-state index contributed by atoms with van der Waals surface area (Å²) >= 11 is 12.1. The van der Waals surface area contributed by atoms with Gasteiger partial charge in [-0.15, -0.1) is 0 Å². The lowest BCUT2D eigenvalue weighted by Crippen LogP contribution is -2.40. The number of carbonyl (C=O) groups excluding carboxylic acids is 1. The normalized spacial score (nSPS) is 13.1. The van der Waals surface area contributed by atoms with Crippen LogP contribution in [0.25, 0.3) is 0 Å². The van der Waals surface area contributed by atoms with Crippen molar-refractivity contribution in [2.45, 2.75) is 24.7 Å². The van der Waals surface area contributed by atoms with Crippen molar-refractivity contribution in [3.05, 3.63) is 99.5 Å². The summed E-state index contributed by atoms with van der Waals surface area (Å²) in [4.78, 5) is 13.3. The quantitative estimate of drug-likeness (QED) is 0.212. The number of rotatable bonds is 11. The minimum absolute atomic E-state index is 0.0183. The number of carbonyl (C=O) groups is 1. The maximum absolute atomic E-state index is 13.1. The highest BCUT2D eigenvalue weighted by Crippen LogP contribution is 2.35. The third-order valence-electron chi connectivity index (χ3n) is 6.13. The van der Waals surface area contributed by atoms with Crippen molar-refractivity contribution in [3.63, 3.8) is 0 Å². The molecule has 0 amide bonds. The van der Waals surface area contributed by atoms with Gasteiger partial charge in [0, 0.05) is 29.1 Å². The maximum Gasteiger partial charge on any atom is 0.450 e. The number of benzene rings is 3. The van der Waals surface area contributed by atoms with Crippen molar-refractivity contribution >= 4 is 29.0 Å². The van der Waals surface area contributed by atoms with Crippen LogP contribution >= 0.6 is 23.2 Å². The fourth-order valence-electron chi connectivity index (χ4n) is 4.03. The summed E-state index contributed by atoms with van der Waals surface area (Å²) in [7, 11) is 1.92. The highest BCUT2D eigenvalue weighted by Gasteiger charge is 2.54. The molecule has 0 aromatic heterocycles. The zero-order chi connectivity index (χ0) is 28.8. The van der Waals surface area contributed by atoms with E-state index in [0.717, 1.165) is 11.1 Å². The Hall–Kier alpha value is -2.75. The number of ether oxygens (including phenoxy) is 1. The number of halogens is 8. The molecule has 3 nitrogen and oxygen atoms in total. The summed E-state index contributed by atoms with van der Waals surface area (Å²) < 4.78 is 82.8. The maximum atomic E-state index is 13.1. The molecule has 11 heteroatoms. The molecule has 3 rings (SSSR count). The lowest BCUT2D eigenvalue weighted by Gasteiger charge is -2.25. The van der Waals surface area contributed by atoms with Gasteiger partial charge in [-0.25, -0.2) is 0 Å². The topological polar surface area (TPSA) is 29.5 Å². The van der Waals surface area contributed by atoms with E-state index in [0.29, 0.717) is 28.9 Å². The van der Waals surface area contributed by atoms with Crippen molar-refractivity contribution in [1.29, 1.82) is 0 Å². The van der Waals surface area contributed by atoms with Crippen LogP contribution in [0.15, 0.2) is 72.8 Å². The first-order valence-corrected chi connectivity index (χ1v) is 12.6. The van der Waals surface area contributed by atoms with Crippen molar-refractivity contribution in [1.82, 2.24) is 4.90 Å². The second-order valence-corrected chi connectivity index (χ2v) is 9.94. The lowest BCUT2D eigenvalue weighted by molar-refractivity contribution is -0.211. The molecule has 0 heterocycles. The molecule has 0 saturated carbocycles. The van der Waals surface area contributed by atoms with Crippen LogP contribution in [0.4, 0.5) is 26.3 Å². The van der Waals surface area contributed by atoms with Crippen molar-refractivity contribution in [2.75, 3.05) is 26.7 Å². The van der Waals surface area contributed by atoms with Gasteiger partial charge in [0.2, 0.25) is 5.78 Å². The van der Waals surface area contributed by atoms with Gasteiger partial charge < -0.3 is 9.64 Å². The molecule has 0 bridgehead atoms. The van der Waals surface area contributed by atoms with Gasteiger partial charge in [-0.05, 0) is 66.6 Å². The molecule has 0 fully saturated rings. The van der Waals surface area contributed by atoms with Gasteiger partial charge in [0.25, 0.3) is 0 Å². The molecule has 3 aromatic carbocycles. The summed E-state index contributed by atoms with van der Waals surface area (Å²) in [6, 6.07) is 20.3. The minimum atomic E-state index is -5.57. The van der Waals surface area contributed by atoms with Crippen LogP contribution in [-0.2, 0) is 11.2 Å². The first-order chi connectivity index (χ1) is 18.2. The van der Waals surface area contributed by atoms with E-state index in [1.165, 1.54) is 24.3 Å². The first kappa shape index (κ1) is 30.8. The molecule has 3 aromatic rings. The highest BCUT2D eigenvalue weighted by molar-refractivity contribution is 6.30. The average Bonchev–Trinajstić information content (AvgIpc) is 2.86. The van der Waals surface area contributed by atoms with Crippen molar-refractivity contribution in [2.24, 2.45) is 5.92 Å². The van der Waals surface area contributed by atoms with Crippen LogP contribution in [-0.4, -0.2) is 49.8 Å². The molecule has 1 unspecified atom stereocenters. The van der Waals surface area contributed by atoms with Gasteiger partial charge in [0.15, 0.2) is 0 Å². The summed E-state index contributed by atoms with van der Waals surface area (Å²) in [5.74, 6) is -5.62. The van der Waals surface area contributed by atoms with Crippen LogP contribution in [0.3, 0.4) is 0 Å². The van der Waals surface area contributed by atoms with Crippen LogP contribution in [0, 0.1) is 5.92 Å². The third-order valence-corrected chi connectivity index (χ3v) is 6.64. The largest absolute Gasteiger partial charge is 0.492 e. The second kappa shape index (κ2) is 13.1. The number of nitrogens with zero attached hydrogens (tertiary/aromatic N) is 1. The minimum Gasteiger partial charge on any atom is -0.492 e. The molecular formula is C28H25Cl2F6NO2. The zero-order valence-corrected chi connectivity index (χ0v) is 22.2.